The summed E-state index contributed by atoms with van der Waals surface area (Å²) in [4.78, 5) is 4.32. The molecule has 1 heterocycles. The lowest BCUT2D eigenvalue weighted by Gasteiger charge is -2.18. The van der Waals surface area contributed by atoms with Gasteiger partial charge in [-0.25, -0.2) is 0 Å². The van der Waals surface area contributed by atoms with E-state index in [4.69, 9.17) is 9.26 Å². The van der Waals surface area contributed by atoms with Crippen molar-refractivity contribution >= 4 is 0 Å². The maximum atomic E-state index is 5.60. The van der Waals surface area contributed by atoms with Crippen LogP contribution in [0.2, 0.25) is 0 Å². The molecule has 0 unspecified atom stereocenters. The second-order valence-corrected chi connectivity index (χ2v) is 5.62. The van der Waals surface area contributed by atoms with Gasteiger partial charge in [-0.15, -0.1) is 0 Å². The lowest BCUT2D eigenvalue weighted by atomic mass is 10.1. The van der Waals surface area contributed by atoms with Gasteiger partial charge < -0.3 is 14.6 Å². The standard InChI is InChI=1S/C15H21N3O2/c1-15(2,3)16-11-14-17-13(18-20-14)9-10-19-12-7-5-4-6-8-12/h4-8,16H,9-11H2,1-3H3. The summed E-state index contributed by atoms with van der Waals surface area (Å²) in [6, 6.07) is 9.70. The van der Waals surface area contributed by atoms with Crippen LogP contribution in [0.5, 0.6) is 5.75 Å². The van der Waals surface area contributed by atoms with E-state index in [0.717, 1.165) is 5.75 Å². The van der Waals surface area contributed by atoms with Crippen LogP contribution in [0.3, 0.4) is 0 Å². The molecule has 2 aromatic rings. The first-order chi connectivity index (χ1) is 9.53. The van der Waals surface area contributed by atoms with Gasteiger partial charge in [-0.05, 0) is 32.9 Å². The molecule has 1 aromatic carbocycles. The number of hydrogen-bond donors (Lipinski definition) is 1. The van der Waals surface area contributed by atoms with Crippen molar-refractivity contribution in [2.45, 2.75) is 39.3 Å². The molecule has 0 bridgehead atoms. The monoisotopic (exact) mass is 275 g/mol. The molecule has 0 aliphatic carbocycles. The van der Waals surface area contributed by atoms with Crippen molar-refractivity contribution in [2.24, 2.45) is 0 Å². The van der Waals surface area contributed by atoms with Gasteiger partial charge in [0.2, 0.25) is 5.89 Å². The first-order valence-corrected chi connectivity index (χ1v) is 6.77. The molecule has 1 aromatic heterocycles. The van der Waals surface area contributed by atoms with Crippen LogP contribution in [-0.4, -0.2) is 22.3 Å². The Balaban J connectivity index is 1.75. The molecule has 0 saturated carbocycles. The van der Waals surface area contributed by atoms with Crippen LogP contribution < -0.4 is 10.1 Å². The van der Waals surface area contributed by atoms with Crippen molar-refractivity contribution < 1.29 is 9.26 Å². The Labute approximate surface area is 119 Å². The third-order valence-corrected chi connectivity index (χ3v) is 2.62. The molecule has 5 heteroatoms. The molecule has 2 rings (SSSR count). The molecular formula is C15H21N3O2. The Morgan fingerprint density at radius 3 is 2.65 bits per heavy atom. The minimum Gasteiger partial charge on any atom is -0.493 e. The van der Waals surface area contributed by atoms with Crippen molar-refractivity contribution in [1.29, 1.82) is 0 Å². The summed E-state index contributed by atoms with van der Waals surface area (Å²) in [5.74, 6) is 2.13. The SMILES string of the molecule is CC(C)(C)NCc1nc(CCOc2ccccc2)no1. The number of rotatable bonds is 6. The number of benzene rings is 1. The first-order valence-electron chi connectivity index (χ1n) is 6.77. The Kier molecular flexibility index (Phi) is 4.74. The predicted octanol–water partition coefficient (Wildman–Crippen LogP) is 2.58. The maximum Gasteiger partial charge on any atom is 0.240 e. The number of nitrogens with zero attached hydrogens (tertiary/aromatic N) is 2. The van der Waals surface area contributed by atoms with Gasteiger partial charge in [0.1, 0.15) is 5.75 Å². The molecule has 0 saturated heterocycles. The summed E-state index contributed by atoms with van der Waals surface area (Å²) in [5.41, 5.74) is 0.0328. The van der Waals surface area contributed by atoms with Gasteiger partial charge in [-0.3, -0.25) is 0 Å². The van der Waals surface area contributed by atoms with E-state index in [9.17, 15) is 0 Å². The van der Waals surface area contributed by atoms with E-state index in [-0.39, 0.29) is 5.54 Å². The Morgan fingerprint density at radius 2 is 1.95 bits per heavy atom. The molecule has 0 amide bonds. The highest BCUT2D eigenvalue weighted by molar-refractivity contribution is 5.20. The largest absolute Gasteiger partial charge is 0.493 e. The highest BCUT2D eigenvalue weighted by Gasteiger charge is 2.12. The smallest absolute Gasteiger partial charge is 0.240 e. The molecule has 0 aliphatic rings. The van der Waals surface area contributed by atoms with E-state index in [0.29, 0.717) is 31.3 Å². The van der Waals surface area contributed by atoms with Crippen LogP contribution in [0.4, 0.5) is 0 Å². The Morgan fingerprint density at radius 1 is 1.20 bits per heavy atom. The summed E-state index contributed by atoms with van der Waals surface area (Å²) >= 11 is 0. The van der Waals surface area contributed by atoms with Crippen molar-refractivity contribution in [3.63, 3.8) is 0 Å². The van der Waals surface area contributed by atoms with Gasteiger partial charge in [0.25, 0.3) is 0 Å². The molecule has 0 aliphatic heterocycles. The van der Waals surface area contributed by atoms with Gasteiger partial charge in [0.15, 0.2) is 5.82 Å². The molecule has 0 fully saturated rings. The van der Waals surface area contributed by atoms with E-state index >= 15 is 0 Å². The lowest BCUT2D eigenvalue weighted by molar-refractivity contribution is 0.311. The fraction of sp³-hybridized carbons (Fsp3) is 0.467. The quantitative estimate of drug-likeness (QED) is 0.878. The number of aromatic nitrogens is 2. The number of nitrogens with one attached hydrogen (secondary N) is 1. The third kappa shape index (κ3) is 5.01. The molecular weight excluding hydrogens is 254 g/mol. The van der Waals surface area contributed by atoms with Gasteiger partial charge in [-0.1, -0.05) is 23.4 Å². The molecule has 20 heavy (non-hydrogen) atoms. The summed E-state index contributed by atoms with van der Waals surface area (Å²) < 4.78 is 10.8. The minimum atomic E-state index is 0.0328. The predicted molar refractivity (Wildman–Crippen MR) is 76.5 cm³/mol. The summed E-state index contributed by atoms with van der Waals surface area (Å²) in [5, 5.41) is 7.25. The fourth-order valence-electron chi connectivity index (χ4n) is 1.58. The van der Waals surface area contributed by atoms with Gasteiger partial charge in [0.05, 0.1) is 13.2 Å². The highest BCUT2D eigenvalue weighted by atomic mass is 16.5. The molecule has 0 atom stereocenters. The first kappa shape index (κ1) is 14.5. The highest BCUT2D eigenvalue weighted by Crippen LogP contribution is 2.09. The molecule has 108 valence electrons. The topological polar surface area (TPSA) is 60.2 Å². The Hall–Kier alpha value is -1.88. The van der Waals surface area contributed by atoms with Crippen LogP contribution in [0.15, 0.2) is 34.9 Å². The van der Waals surface area contributed by atoms with Crippen LogP contribution in [0.1, 0.15) is 32.5 Å². The summed E-state index contributed by atoms with van der Waals surface area (Å²) in [6.07, 6.45) is 0.633. The zero-order valence-corrected chi connectivity index (χ0v) is 12.2. The zero-order chi connectivity index (χ0) is 14.4. The third-order valence-electron chi connectivity index (χ3n) is 2.62. The molecule has 0 spiro atoms. The number of hydrogen-bond acceptors (Lipinski definition) is 5. The fourth-order valence-corrected chi connectivity index (χ4v) is 1.58. The van der Waals surface area contributed by atoms with Crippen molar-refractivity contribution in [2.75, 3.05) is 6.61 Å². The van der Waals surface area contributed by atoms with Gasteiger partial charge >= 0.3 is 0 Å². The van der Waals surface area contributed by atoms with E-state index in [1.165, 1.54) is 0 Å². The second-order valence-electron chi connectivity index (χ2n) is 5.62. The average molecular weight is 275 g/mol. The second kappa shape index (κ2) is 6.52. The van der Waals surface area contributed by atoms with Crippen LogP contribution in [0.25, 0.3) is 0 Å². The van der Waals surface area contributed by atoms with E-state index in [1.54, 1.807) is 0 Å². The summed E-state index contributed by atoms with van der Waals surface area (Å²) in [7, 11) is 0. The van der Waals surface area contributed by atoms with Gasteiger partial charge in [-0.2, -0.15) is 4.98 Å². The number of para-hydroxylation sites is 1. The van der Waals surface area contributed by atoms with E-state index in [2.05, 4.69) is 36.2 Å². The van der Waals surface area contributed by atoms with Crippen LogP contribution in [0, 0.1) is 0 Å². The molecule has 0 radical (unpaired) electrons. The van der Waals surface area contributed by atoms with Crippen molar-refractivity contribution in [1.82, 2.24) is 15.5 Å². The molecule has 1 N–H and O–H groups in total. The summed E-state index contributed by atoms with van der Waals surface area (Å²) in [6.45, 7) is 7.40. The Bertz CT molecular complexity index is 517. The van der Waals surface area contributed by atoms with Crippen LogP contribution >= 0.6 is 0 Å². The lowest BCUT2D eigenvalue weighted by Crippen LogP contribution is -2.35. The van der Waals surface area contributed by atoms with Gasteiger partial charge in [0, 0.05) is 12.0 Å². The molecule has 5 nitrogen and oxygen atoms in total. The minimum absolute atomic E-state index is 0.0328. The van der Waals surface area contributed by atoms with Crippen molar-refractivity contribution in [3.05, 3.63) is 42.0 Å². The normalized spacial score (nSPS) is 11.6. The maximum absolute atomic E-state index is 5.60. The zero-order valence-electron chi connectivity index (χ0n) is 12.2. The number of ether oxygens (including phenoxy) is 1. The van der Waals surface area contributed by atoms with E-state index in [1.807, 2.05) is 30.3 Å². The average Bonchev–Trinajstić information content (AvgIpc) is 2.85. The van der Waals surface area contributed by atoms with E-state index < -0.39 is 0 Å². The van der Waals surface area contributed by atoms with Crippen LogP contribution in [-0.2, 0) is 13.0 Å². The van der Waals surface area contributed by atoms with Crippen molar-refractivity contribution in [3.8, 4) is 5.75 Å².